The van der Waals surface area contributed by atoms with Gasteiger partial charge in [0, 0.05) is 37.0 Å². The summed E-state index contributed by atoms with van der Waals surface area (Å²) in [5.41, 5.74) is 4.91. The molecule has 1 aliphatic heterocycles. The highest BCUT2D eigenvalue weighted by molar-refractivity contribution is 9.10. The Labute approximate surface area is 195 Å². The number of carbonyl (C=O) groups is 1. The highest BCUT2D eigenvalue weighted by atomic mass is 79.9. The number of benzene rings is 1. The van der Waals surface area contributed by atoms with Crippen molar-refractivity contribution in [3.63, 3.8) is 0 Å². The van der Waals surface area contributed by atoms with Gasteiger partial charge in [-0.25, -0.2) is 4.98 Å². The lowest BCUT2D eigenvalue weighted by molar-refractivity contribution is -0.132. The Morgan fingerprint density at radius 2 is 2.12 bits per heavy atom. The summed E-state index contributed by atoms with van der Waals surface area (Å²) in [7, 11) is 0. The van der Waals surface area contributed by atoms with Crippen LogP contribution in [0.2, 0.25) is 0 Å². The molecule has 8 heteroatoms. The molecule has 0 bridgehead atoms. The third kappa shape index (κ3) is 3.45. The maximum Gasteiger partial charge on any atom is 0.222 e. The van der Waals surface area contributed by atoms with Gasteiger partial charge in [0.15, 0.2) is 5.65 Å². The first-order valence-corrected chi connectivity index (χ1v) is 11.9. The SMILES string of the molecule is CCC(=O)N1CCC2(CCc3c2nc2c(Br)cnn2c3NCc2cccc(C#N)c2)CC1. The van der Waals surface area contributed by atoms with E-state index >= 15 is 0 Å². The highest BCUT2D eigenvalue weighted by Gasteiger charge is 2.45. The lowest BCUT2D eigenvalue weighted by atomic mass is 9.76. The van der Waals surface area contributed by atoms with Crippen LogP contribution in [0.15, 0.2) is 34.9 Å². The number of piperidine rings is 1. The molecule has 3 aromatic rings. The largest absolute Gasteiger partial charge is 0.366 e. The number of amides is 1. The molecule has 0 atom stereocenters. The molecule has 3 heterocycles. The maximum absolute atomic E-state index is 12.2. The number of nitrogens with one attached hydrogen (secondary N) is 1. The van der Waals surface area contributed by atoms with E-state index in [1.54, 1.807) is 6.20 Å². The van der Waals surface area contributed by atoms with Gasteiger partial charge in [-0.15, -0.1) is 0 Å². The minimum absolute atomic E-state index is 0.0163. The lowest BCUT2D eigenvalue weighted by Crippen LogP contribution is -2.44. The first kappa shape index (κ1) is 21.0. The van der Waals surface area contributed by atoms with Crippen LogP contribution in [0.1, 0.15) is 55.0 Å². The van der Waals surface area contributed by atoms with Gasteiger partial charge in [0.25, 0.3) is 0 Å². The summed E-state index contributed by atoms with van der Waals surface area (Å²) < 4.78 is 2.75. The summed E-state index contributed by atoms with van der Waals surface area (Å²) in [6.45, 7) is 4.12. The third-order valence-corrected chi connectivity index (χ3v) is 7.51. The Morgan fingerprint density at radius 3 is 2.88 bits per heavy atom. The molecule has 1 fully saturated rings. The number of halogens is 1. The summed E-state index contributed by atoms with van der Waals surface area (Å²) in [5, 5.41) is 17.4. The van der Waals surface area contributed by atoms with Crippen LogP contribution in [0.4, 0.5) is 5.82 Å². The maximum atomic E-state index is 12.2. The van der Waals surface area contributed by atoms with E-state index < -0.39 is 0 Å². The number of nitrogens with zero attached hydrogens (tertiary/aromatic N) is 5. The van der Waals surface area contributed by atoms with Crippen molar-refractivity contribution in [1.82, 2.24) is 19.5 Å². The van der Waals surface area contributed by atoms with E-state index in [1.165, 1.54) is 5.56 Å². The fraction of sp³-hybridized carbons (Fsp3) is 0.417. The Bertz CT molecular complexity index is 1240. The zero-order valence-electron chi connectivity index (χ0n) is 18.1. The first-order chi connectivity index (χ1) is 15.5. The van der Waals surface area contributed by atoms with Crippen molar-refractivity contribution < 1.29 is 4.79 Å². The second-order valence-electron chi connectivity index (χ2n) is 8.70. The smallest absolute Gasteiger partial charge is 0.222 e. The summed E-state index contributed by atoms with van der Waals surface area (Å²) in [5.74, 6) is 1.21. The van der Waals surface area contributed by atoms with Crippen LogP contribution in [-0.2, 0) is 23.2 Å². The monoisotopic (exact) mass is 492 g/mol. The highest BCUT2D eigenvalue weighted by Crippen LogP contribution is 2.48. The van der Waals surface area contributed by atoms with Crippen LogP contribution in [0.5, 0.6) is 0 Å². The zero-order valence-corrected chi connectivity index (χ0v) is 19.7. The Morgan fingerprint density at radius 1 is 1.31 bits per heavy atom. The molecule has 1 N–H and O–H groups in total. The Hall–Kier alpha value is -2.92. The number of carbonyl (C=O) groups excluding carboxylic acids is 1. The second kappa shape index (κ2) is 8.21. The average molecular weight is 493 g/mol. The number of likely N-dealkylation sites (tertiary alicyclic amines) is 1. The molecule has 2 aliphatic rings. The molecule has 5 rings (SSSR count). The molecule has 0 unspecified atom stereocenters. The molecule has 0 saturated carbocycles. The van der Waals surface area contributed by atoms with Gasteiger partial charge in [-0.3, -0.25) is 4.79 Å². The number of hydrogen-bond donors (Lipinski definition) is 1. The molecule has 164 valence electrons. The predicted molar refractivity (Wildman–Crippen MR) is 125 cm³/mol. The number of fused-ring (bicyclic) bond motifs is 3. The van der Waals surface area contributed by atoms with Crippen LogP contribution in [-0.4, -0.2) is 38.5 Å². The lowest BCUT2D eigenvalue weighted by Gasteiger charge is -2.39. The summed E-state index contributed by atoms with van der Waals surface area (Å²) in [6, 6.07) is 9.86. The fourth-order valence-corrected chi connectivity index (χ4v) is 5.52. The molecule has 0 radical (unpaired) electrons. The van der Waals surface area contributed by atoms with Gasteiger partial charge >= 0.3 is 0 Å². The number of nitriles is 1. The standard InChI is InChI=1S/C24H25BrN6O/c1-2-20(32)30-10-8-24(9-11-30)7-6-18-21(24)29-23-19(25)15-28-31(23)22(18)27-14-17-5-3-4-16(12-17)13-26/h3-5,12,15,27H,2,6-11,14H2,1H3. The van der Waals surface area contributed by atoms with Gasteiger partial charge in [-0.05, 0) is 59.3 Å². The summed E-state index contributed by atoms with van der Waals surface area (Å²) in [6.07, 6.45) is 6.24. The van der Waals surface area contributed by atoms with Crippen LogP contribution < -0.4 is 5.32 Å². The number of rotatable bonds is 4. The van der Waals surface area contributed by atoms with Crippen molar-refractivity contribution in [2.24, 2.45) is 0 Å². The van der Waals surface area contributed by atoms with Crippen LogP contribution in [0.25, 0.3) is 5.65 Å². The molecular weight excluding hydrogens is 468 g/mol. The minimum atomic E-state index is 0.0163. The van der Waals surface area contributed by atoms with Gasteiger partial charge in [0.05, 0.1) is 28.0 Å². The van der Waals surface area contributed by atoms with Crippen LogP contribution in [0.3, 0.4) is 0 Å². The normalized spacial score (nSPS) is 16.8. The van der Waals surface area contributed by atoms with E-state index in [4.69, 9.17) is 4.98 Å². The van der Waals surface area contributed by atoms with Crippen LogP contribution >= 0.6 is 15.9 Å². The van der Waals surface area contributed by atoms with Crippen molar-refractivity contribution in [2.45, 2.75) is 51.0 Å². The zero-order chi connectivity index (χ0) is 22.3. The quantitative estimate of drug-likeness (QED) is 0.589. The third-order valence-electron chi connectivity index (χ3n) is 6.95. The van der Waals surface area contributed by atoms with Gasteiger partial charge in [-0.2, -0.15) is 14.9 Å². The predicted octanol–water partition coefficient (Wildman–Crippen LogP) is 4.19. The number of anilines is 1. The molecular formula is C24H25BrN6O. The van der Waals surface area contributed by atoms with Crippen molar-refractivity contribution in [3.8, 4) is 6.07 Å². The van der Waals surface area contributed by atoms with E-state index in [0.29, 0.717) is 18.5 Å². The molecule has 32 heavy (non-hydrogen) atoms. The Balaban J connectivity index is 1.50. The fourth-order valence-electron chi connectivity index (χ4n) is 5.17. The minimum Gasteiger partial charge on any atom is -0.366 e. The summed E-state index contributed by atoms with van der Waals surface area (Å²) in [4.78, 5) is 19.3. The topological polar surface area (TPSA) is 86.3 Å². The van der Waals surface area contributed by atoms with Gasteiger partial charge in [0.1, 0.15) is 5.82 Å². The second-order valence-corrected chi connectivity index (χ2v) is 9.55. The summed E-state index contributed by atoms with van der Waals surface area (Å²) >= 11 is 3.61. The molecule has 1 amide bonds. The first-order valence-electron chi connectivity index (χ1n) is 11.1. The van der Waals surface area contributed by atoms with E-state index in [2.05, 4.69) is 32.4 Å². The molecule has 1 saturated heterocycles. The van der Waals surface area contributed by atoms with Gasteiger partial charge < -0.3 is 10.2 Å². The van der Waals surface area contributed by atoms with E-state index in [9.17, 15) is 10.1 Å². The molecule has 1 aliphatic carbocycles. The molecule has 1 aromatic carbocycles. The molecule has 2 aromatic heterocycles. The van der Waals surface area contributed by atoms with Gasteiger partial charge in [0.2, 0.25) is 5.91 Å². The van der Waals surface area contributed by atoms with Crippen molar-refractivity contribution in [2.75, 3.05) is 18.4 Å². The van der Waals surface area contributed by atoms with E-state index in [-0.39, 0.29) is 11.3 Å². The average Bonchev–Trinajstić information content (AvgIpc) is 3.38. The van der Waals surface area contributed by atoms with Crippen molar-refractivity contribution in [1.29, 1.82) is 5.26 Å². The van der Waals surface area contributed by atoms with E-state index in [0.717, 1.165) is 66.0 Å². The van der Waals surface area contributed by atoms with Crippen molar-refractivity contribution >= 4 is 33.3 Å². The number of aromatic nitrogens is 3. The van der Waals surface area contributed by atoms with E-state index in [1.807, 2.05) is 40.6 Å². The molecule has 1 spiro atoms. The molecule has 7 nitrogen and oxygen atoms in total. The number of hydrogen-bond acceptors (Lipinski definition) is 5. The van der Waals surface area contributed by atoms with Crippen molar-refractivity contribution in [3.05, 3.63) is 57.3 Å². The van der Waals surface area contributed by atoms with Gasteiger partial charge in [-0.1, -0.05) is 19.1 Å². The van der Waals surface area contributed by atoms with Crippen LogP contribution in [0, 0.1) is 11.3 Å². The Kier molecular flexibility index (Phi) is 5.38.